The second-order valence-electron chi connectivity index (χ2n) is 6.51. The first kappa shape index (κ1) is 17.5. The SMILES string of the molecule is O=C(Oc1ccc(I)cc1)[C@@H]1CCCN1C(=O)NC1CCCCC1. The molecule has 1 aliphatic heterocycles. The first-order chi connectivity index (χ1) is 11.6. The number of rotatable bonds is 3. The second kappa shape index (κ2) is 8.18. The van der Waals surface area contributed by atoms with Crippen LogP contribution in [0.3, 0.4) is 0 Å². The van der Waals surface area contributed by atoms with Crippen LogP contribution in [-0.4, -0.2) is 35.5 Å². The minimum atomic E-state index is -0.479. The van der Waals surface area contributed by atoms with Gasteiger partial charge in [0, 0.05) is 16.2 Å². The Morgan fingerprint density at radius 3 is 2.46 bits per heavy atom. The smallest absolute Gasteiger partial charge is 0.334 e. The van der Waals surface area contributed by atoms with Gasteiger partial charge in [-0.05, 0) is 72.5 Å². The molecule has 1 aromatic carbocycles. The van der Waals surface area contributed by atoms with E-state index in [1.54, 1.807) is 17.0 Å². The summed E-state index contributed by atoms with van der Waals surface area (Å²) in [4.78, 5) is 26.6. The molecular formula is C18H23IN2O3. The number of esters is 1. The van der Waals surface area contributed by atoms with Crippen molar-refractivity contribution in [3.8, 4) is 5.75 Å². The molecule has 0 aromatic heterocycles. The Kier molecular flexibility index (Phi) is 5.97. The third kappa shape index (κ3) is 4.40. The monoisotopic (exact) mass is 442 g/mol. The number of nitrogens with zero attached hydrogens (tertiary/aromatic N) is 1. The van der Waals surface area contributed by atoms with E-state index in [0.29, 0.717) is 18.7 Å². The van der Waals surface area contributed by atoms with Crippen molar-refractivity contribution in [2.75, 3.05) is 6.54 Å². The van der Waals surface area contributed by atoms with Crippen molar-refractivity contribution in [1.82, 2.24) is 10.2 Å². The van der Waals surface area contributed by atoms with Crippen LogP contribution in [0.2, 0.25) is 0 Å². The van der Waals surface area contributed by atoms with Crippen LogP contribution in [0.15, 0.2) is 24.3 Å². The summed E-state index contributed by atoms with van der Waals surface area (Å²) in [6, 6.07) is 7.00. The van der Waals surface area contributed by atoms with E-state index in [1.807, 2.05) is 12.1 Å². The van der Waals surface area contributed by atoms with E-state index < -0.39 is 6.04 Å². The first-order valence-corrected chi connectivity index (χ1v) is 9.76. The maximum atomic E-state index is 12.5. The zero-order valence-corrected chi connectivity index (χ0v) is 15.8. The fourth-order valence-corrected chi connectivity index (χ4v) is 3.81. The van der Waals surface area contributed by atoms with Gasteiger partial charge in [-0.2, -0.15) is 0 Å². The number of carbonyl (C=O) groups is 2. The summed E-state index contributed by atoms with van der Waals surface area (Å²) >= 11 is 2.20. The van der Waals surface area contributed by atoms with Gasteiger partial charge in [0.05, 0.1) is 0 Å². The van der Waals surface area contributed by atoms with E-state index in [9.17, 15) is 9.59 Å². The molecule has 24 heavy (non-hydrogen) atoms. The Bertz CT molecular complexity index is 584. The molecule has 1 N–H and O–H groups in total. The minimum Gasteiger partial charge on any atom is -0.425 e. The van der Waals surface area contributed by atoms with Crippen LogP contribution < -0.4 is 10.1 Å². The molecule has 1 heterocycles. The van der Waals surface area contributed by atoms with Crippen LogP contribution in [0.25, 0.3) is 0 Å². The van der Waals surface area contributed by atoms with Crippen LogP contribution in [0, 0.1) is 3.57 Å². The highest BCUT2D eigenvalue weighted by atomic mass is 127. The number of carbonyl (C=O) groups excluding carboxylic acids is 2. The van der Waals surface area contributed by atoms with Gasteiger partial charge in [-0.3, -0.25) is 0 Å². The van der Waals surface area contributed by atoms with E-state index in [4.69, 9.17) is 4.74 Å². The molecule has 0 spiro atoms. The molecule has 1 aromatic rings. The van der Waals surface area contributed by atoms with E-state index >= 15 is 0 Å². The lowest BCUT2D eigenvalue weighted by Gasteiger charge is -2.28. The molecule has 1 aliphatic carbocycles. The average Bonchev–Trinajstić information content (AvgIpc) is 3.08. The van der Waals surface area contributed by atoms with E-state index in [2.05, 4.69) is 27.9 Å². The van der Waals surface area contributed by atoms with Crippen LogP contribution in [-0.2, 0) is 4.79 Å². The lowest BCUT2D eigenvalue weighted by atomic mass is 9.96. The highest BCUT2D eigenvalue weighted by Gasteiger charge is 2.36. The van der Waals surface area contributed by atoms with Crippen molar-refractivity contribution in [1.29, 1.82) is 0 Å². The molecule has 0 bridgehead atoms. The summed E-state index contributed by atoms with van der Waals surface area (Å²) < 4.78 is 6.54. The number of urea groups is 1. The molecule has 0 radical (unpaired) electrons. The Morgan fingerprint density at radius 2 is 1.75 bits per heavy atom. The molecule has 1 atom stereocenters. The lowest BCUT2D eigenvalue weighted by molar-refractivity contribution is -0.138. The predicted octanol–water partition coefficient (Wildman–Crippen LogP) is 3.70. The molecule has 2 aliphatic rings. The number of hydrogen-bond acceptors (Lipinski definition) is 3. The van der Waals surface area contributed by atoms with E-state index in [0.717, 1.165) is 22.8 Å². The lowest BCUT2D eigenvalue weighted by Crippen LogP contribution is -2.50. The molecule has 130 valence electrons. The molecule has 0 unspecified atom stereocenters. The molecule has 1 saturated carbocycles. The molecular weight excluding hydrogens is 419 g/mol. The summed E-state index contributed by atoms with van der Waals surface area (Å²) in [5, 5.41) is 3.10. The number of amides is 2. The Hall–Kier alpha value is -1.31. The van der Waals surface area contributed by atoms with Crippen LogP contribution in [0.1, 0.15) is 44.9 Å². The highest BCUT2D eigenvalue weighted by molar-refractivity contribution is 14.1. The molecule has 6 heteroatoms. The molecule has 1 saturated heterocycles. The number of benzene rings is 1. The fraction of sp³-hybridized carbons (Fsp3) is 0.556. The Morgan fingerprint density at radius 1 is 1.04 bits per heavy atom. The fourth-order valence-electron chi connectivity index (χ4n) is 3.45. The number of likely N-dealkylation sites (tertiary alicyclic amines) is 1. The topological polar surface area (TPSA) is 58.6 Å². The van der Waals surface area contributed by atoms with Crippen molar-refractivity contribution in [2.45, 2.75) is 57.0 Å². The normalized spacial score (nSPS) is 21.5. The van der Waals surface area contributed by atoms with Gasteiger partial charge in [0.2, 0.25) is 0 Å². The third-order valence-electron chi connectivity index (χ3n) is 4.75. The Labute approximate surface area is 156 Å². The third-order valence-corrected chi connectivity index (χ3v) is 5.47. The maximum Gasteiger partial charge on any atom is 0.334 e. The average molecular weight is 442 g/mol. The van der Waals surface area contributed by atoms with Gasteiger partial charge in [-0.25, -0.2) is 9.59 Å². The molecule has 2 fully saturated rings. The van der Waals surface area contributed by atoms with Crippen molar-refractivity contribution < 1.29 is 14.3 Å². The first-order valence-electron chi connectivity index (χ1n) is 8.68. The maximum absolute atomic E-state index is 12.5. The van der Waals surface area contributed by atoms with Crippen molar-refractivity contribution in [3.63, 3.8) is 0 Å². The van der Waals surface area contributed by atoms with Gasteiger partial charge in [-0.1, -0.05) is 19.3 Å². The largest absolute Gasteiger partial charge is 0.425 e. The van der Waals surface area contributed by atoms with Crippen LogP contribution in [0.4, 0.5) is 4.79 Å². The molecule has 2 amide bonds. The zero-order chi connectivity index (χ0) is 16.9. The van der Waals surface area contributed by atoms with E-state index in [-0.39, 0.29) is 18.0 Å². The predicted molar refractivity (Wildman–Crippen MR) is 99.9 cm³/mol. The molecule has 5 nitrogen and oxygen atoms in total. The summed E-state index contributed by atoms with van der Waals surface area (Å²) in [6.07, 6.45) is 7.17. The molecule has 3 rings (SSSR count). The number of hydrogen-bond donors (Lipinski definition) is 1. The second-order valence-corrected chi connectivity index (χ2v) is 7.76. The Balaban J connectivity index is 1.58. The minimum absolute atomic E-state index is 0.121. The number of nitrogens with one attached hydrogen (secondary N) is 1. The van der Waals surface area contributed by atoms with Gasteiger partial charge in [0.15, 0.2) is 0 Å². The van der Waals surface area contributed by atoms with Gasteiger partial charge in [0.1, 0.15) is 11.8 Å². The summed E-state index contributed by atoms with van der Waals surface area (Å²) in [5.41, 5.74) is 0. The van der Waals surface area contributed by atoms with Gasteiger partial charge >= 0.3 is 12.0 Å². The summed E-state index contributed by atoms with van der Waals surface area (Å²) in [6.45, 7) is 0.616. The van der Waals surface area contributed by atoms with Crippen molar-refractivity contribution in [3.05, 3.63) is 27.8 Å². The zero-order valence-electron chi connectivity index (χ0n) is 13.7. The quantitative estimate of drug-likeness (QED) is 0.441. The number of ether oxygens (including phenoxy) is 1. The van der Waals surface area contributed by atoms with Crippen molar-refractivity contribution in [2.24, 2.45) is 0 Å². The van der Waals surface area contributed by atoms with Gasteiger partial charge < -0.3 is 15.0 Å². The van der Waals surface area contributed by atoms with Crippen LogP contribution >= 0.6 is 22.6 Å². The number of halogens is 1. The van der Waals surface area contributed by atoms with Gasteiger partial charge in [0.25, 0.3) is 0 Å². The van der Waals surface area contributed by atoms with E-state index in [1.165, 1.54) is 19.3 Å². The van der Waals surface area contributed by atoms with Gasteiger partial charge in [-0.15, -0.1) is 0 Å². The van der Waals surface area contributed by atoms with Crippen molar-refractivity contribution >= 4 is 34.6 Å². The summed E-state index contributed by atoms with van der Waals surface area (Å²) in [5.74, 6) is 0.187. The standard InChI is InChI=1S/C18H23IN2O3/c19-13-8-10-15(11-9-13)24-17(22)16-7-4-12-21(16)18(23)20-14-5-2-1-3-6-14/h8-11,14,16H,1-7,12H2,(H,20,23)/t16-/m0/s1. The summed E-state index contributed by atoms with van der Waals surface area (Å²) in [7, 11) is 0. The highest BCUT2D eigenvalue weighted by Crippen LogP contribution is 2.23. The van der Waals surface area contributed by atoms with Crippen LogP contribution in [0.5, 0.6) is 5.75 Å².